The molecular formula is C20H31N3O4. The van der Waals surface area contributed by atoms with E-state index in [0.717, 1.165) is 17.8 Å². The summed E-state index contributed by atoms with van der Waals surface area (Å²) in [5.74, 6) is 2.25. The number of carbonyl (C=O) groups is 3. The summed E-state index contributed by atoms with van der Waals surface area (Å²) in [6, 6.07) is 0. The topological polar surface area (TPSA) is 87.7 Å². The highest BCUT2D eigenvalue weighted by Crippen LogP contribution is 2.61. The lowest BCUT2D eigenvalue weighted by Gasteiger charge is -2.56. The van der Waals surface area contributed by atoms with Crippen molar-refractivity contribution >= 4 is 17.7 Å². The van der Waals surface area contributed by atoms with Crippen molar-refractivity contribution in [2.24, 2.45) is 23.2 Å². The van der Waals surface area contributed by atoms with E-state index in [4.69, 9.17) is 4.74 Å². The largest absolute Gasteiger partial charge is 0.370 e. The van der Waals surface area contributed by atoms with Gasteiger partial charge in [0.2, 0.25) is 17.7 Å². The molecule has 4 bridgehead atoms. The molecule has 150 valence electrons. The van der Waals surface area contributed by atoms with E-state index >= 15 is 0 Å². The smallest absolute Gasteiger partial charge is 0.248 e. The number of hydrogen-bond donors (Lipinski definition) is 2. The van der Waals surface area contributed by atoms with Gasteiger partial charge in [0.05, 0.1) is 13.2 Å². The third-order valence-corrected chi connectivity index (χ3v) is 6.93. The second kappa shape index (κ2) is 7.78. The van der Waals surface area contributed by atoms with Crippen LogP contribution in [0, 0.1) is 23.2 Å². The molecule has 0 aromatic carbocycles. The fourth-order valence-corrected chi connectivity index (χ4v) is 6.27. The van der Waals surface area contributed by atoms with Crippen LogP contribution in [0.15, 0.2) is 0 Å². The monoisotopic (exact) mass is 377 g/mol. The number of rotatable bonds is 7. The van der Waals surface area contributed by atoms with Gasteiger partial charge < -0.3 is 20.3 Å². The van der Waals surface area contributed by atoms with E-state index in [1.165, 1.54) is 38.5 Å². The first-order chi connectivity index (χ1) is 13.0. The Labute approximate surface area is 160 Å². The van der Waals surface area contributed by atoms with Crippen molar-refractivity contribution in [1.29, 1.82) is 0 Å². The molecule has 7 heteroatoms. The average Bonchev–Trinajstić information content (AvgIpc) is 2.60. The molecule has 5 fully saturated rings. The van der Waals surface area contributed by atoms with Crippen molar-refractivity contribution in [1.82, 2.24) is 15.5 Å². The first-order valence-electron chi connectivity index (χ1n) is 10.4. The minimum absolute atomic E-state index is 0.00968. The minimum atomic E-state index is -0.199. The summed E-state index contributed by atoms with van der Waals surface area (Å²) in [6.07, 6.45) is 8.29. The molecule has 4 aliphatic carbocycles. The Morgan fingerprint density at radius 2 is 1.70 bits per heavy atom. The van der Waals surface area contributed by atoms with Gasteiger partial charge in [-0.25, -0.2) is 0 Å². The Hall–Kier alpha value is -1.63. The fourth-order valence-electron chi connectivity index (χ4n) is 6.27. The molecule has 0 spiro atoms. The molecule has 4 saturated carbocycles. The van der Waals surface area contributed by atoms with Crippen LogP contribution in [-0.4, -0.2) is 62.0 Å². The van der Waals surface area contributed by atoms with Gasteiger partial charge in [-0.1, -0.05) is 0 Å². The first kappa shape index (κ1) is 18.7. The minimum Gasteiger partial charge on any atom is -0.370 e. The quantitative estimate of drug-likeness (QED) is 0.683. The highest BCUT2D eigenvalue weighted by atomic mass is 16.5. The zero-order valence-corrected chi connectivity index (χ0v) is 16.0. The van der Waals surface area contributed by atoms with Crippen molar-refractivity contribution in [3.63, 3.8) is 0 Å². The average molecular weight is 377 g/mol. The normalized spacial score (nSPS) is 34.6. The summed E-state index contributed by atoms with van der Waals surface area (Å²) in [6.45, 7) is 2.12. The Balaban J connectivity index is 1.15. The predicted molar refractivity (Wildman–Crippen MR) is 98.6 cm³/mol. The van der Waals surface area contributed by atoms with Crippen molar-refractivity contribution in [2.45, 2.75) is 44.9 Å². The Morgan fingerprint density at radius 1 is 1.04 bits per heavy atom. The predicted octanol–water partition coefficient (Wildman–Crippen LogP) is 0.684. The van der Waals surface area contributed by atoms with E-state index < -0.39 is 0 Å². The molecule has 0 aromatic heterocycles. The molecule has 0 radical (unpaired) electrons. The van der Waals surface area contributed by atoms with Gasteiger partial charge in [0.1, 0.15) is 6.61 Å². The van der Waals surface area contributed by atoms with Crippen LogP contribution in [0.25, 0.3) is 0 Å². The van der Waals surface area contributed by atoms with E-state index in [-0.39, 0.29) is 36.3 Å². The Bertz CT molecular complexity index is 571. The molecule has 5 aliphatic rings. The molecular weight excluding hydrogens is 346 g/mol. The summed E-state index contributed by atoms with van der Waals surface area (Å²) in [5, 5.41) is 5.58. The summed E-state index contributed by atoms with van der Waals surface area (Å²) in [4.78, 5) is 37.7. The number of nitrogens with zero attached hydrogens (tertiary/aromatic N) is 1. The maximum absolute atomic E-state index is 12.4. The van der Waals surface area contributed by atoms with Gasteiger partial charge in [-0.2, -0.15) is 0 Å². The van der Waals surface area contributed by atoms with Crippen molar-refractivity contribution < 1.29 is 19.1 Å². The second-order valence-corrected chi connectivity index (χ2v) is 9.15. The second-order valence-electron chi connectivity index (χ2n) is 9.15. The van der Waals surface area contributed by atoms with Crippen LogP contribution >= 0.6 is 0 Å². The molecule has 7 nitrogen and oxygen atoms in total. The van der Waals surface area contributed by atoms with Gasteiger partial charge >= 0.3 is 0 Å². The zero-order valence-electron chi connectivity index (χ0n) is 16.0. The zero-order chi connectivity index (χ0) is 18.9. The summed E-state index contributed by atoms with van der Waals surface area (Å²) >= 11 is 0. The van der Waals surface area contributed by atoms with Gasteiger partial charge in [-0.15, -0.1) is 0 Å². The van der Waals surface area contributed by atoms with Gasteiger partial charge in [-0.3, -0.25) is 14.4 Å². The van der Waals surface area contributed by atoms with Gasteiger partial charge in [0, 0.05) is 26.1 Å². The highest BCUT2D eigenvalue weighted by molar-refractivity contribution is 5.85. The molecule has 27 heavy (non-hydrogen) atoms. The lowest BCUT2D eigenvalue weighted by atomic mass is 9.49. The first-order valence-corrected chi connectivity index (χ1v) is 10.4. The van der Waals surface area contributed by atoms with Crippen LogP contribution in [0.4, 0.5) is 0 Å². The van der Waals surface area contributed by atoms with Crippen LogP contribution in [0.5, 0.6) is 0 Å². The van der Waals surface area contributed by atoms with Crippen LogP contribution in [0.3, 0.4) is 0 Å². The number of carbonyl (C=O) groups excluding carboxylic acids is 3. The SMILES string of the molecule is O=C(CNC(=O)CC12CC3CC(CC(C3)C1)C2)NCCN1CCOCC1=O. The van der Waals surface area contributed by atoms with Gasteiger partial charge in [0.15, 0.2) is 0 Å². The van der Waals surface area contributed by atoms with Crippen LogP contribution in [0.1, 0.15) is 44.9 Å². The molecule has 2 N–H and O–H groups in total. The fraction of sp³-hybridized carbons (Fsp3) is 0.850. The lowest BCUT2D eigenvalue weighted by molar-refractivity contribution is -0.142. The Morgan fingerprint density at radius 3 is 2.33 bits per heavy atom. The Kier molecular flexibility index (Phi) is 5.39. The number of hydrogen-bond acceptors (Lipinski definition) is 4. The van der Waals surface area contributed by atoms with Gasteiger partial charge in [-0.05, 0) is 61.7 Å². The molecule has 5 rings (SSSR count). The van der Waals surface area contributed by atoms with E-state index in [1.54, 1.807) is 4.90 Å². The van der Waals surface area contributed by atoms with E-state index in [1.807, 2.05) is 0 Å². The summed E-state index contributed by atoms with van der Waals surface area (Å²) in [7, 11) is 0. The summed E-state index contributed by atoms with van der Waals surface area (Å²) in [5.41, 5.74) is 0.200. The number of ether oxygens (including phenoxy) is 1. The van der Waals surface area contributed by atoms with Crippen LogP contribution in [0.2, 0.25) is 0 Å². The van der Waals surface area contributed by atoms with E-state index in [9.17, 15) is 14.4 Å². The maximum atomic E-state index is 12.4. The van der Waals surface area contributed by atoms with Crippen molar-refractivity contribution in [2.75, 3.05) is 39.4 Å². The lowest BCUT2D eigenvalue weighted by Crippen LogP contribution is -2.49. The number of amides is 3. The molecule has 0 atom stereocenters. The standard InChI is InChI=1S/C20H31N3O4/c24-17(11-20-8-14-5-15(9-20)7-16(6-14)10-20)22-12-18(25)21-1-2-23-3-4-27-13-19(23)26/h14-16H,1-13H2,(H,21,25)(H,22,24). The molecule has 1 aliphatic heterocycles. The van der Waals surface area contributed by atoms with Gasteiger partial charge in [0.25, 0.3) is 0 Å². The van der Waals surface area contributed by atoms with Crippen LogP contribution in [-0.2, 0) is 19.1 Å². The molecule has 0 aromatic rings. The van der Waals surface area contributed by atoms with Crippen molar-refractivity contribution in [3.8, 4) is 0 Å². The molecule has 3 amide bonds. The van der Waals surface area contributed by atoms with Crippen LogP contribution < -0.4 is 10.6 Å². The molecule has 1 saturated heterocycles. The number of morpholine rings is 1. The molecule has 1 heterocycles. The third-order valence-electron chi connectivity index (χ3n) is 6.93. The third kappa shape index (κ3) is 4.45. The van der Waals surface area contributed by atoms with E-state index in [0.29, 0.717) is 32.7 Å². The summed E-state index contributed by atoms with van der Waals surface area (Å²) < 4.78 is 5.08. The van der Waals surface area contributed by atoms with Crippen molar-refractivity contribution in [3.05, 3.63) is 0 Å². The maximum Gasteiger partial charge on any atom is 0.248 e. The molecule has 0 unspecified atom stereocenters. The van der Waals surface area contributed by atoms with E-state index in [2.05, 4.69) is 10.6 Å². The number of nitrogens with one attached hydrogen (secondary N) is 2. The highest BCUT2D eigenvalue weighted by Gasteiger charge is 2.51.